The van der Waals surface area contributed by atoms with Crippen LogP contribution in [0.5, 0.6) is 0 Å². The highest BCUT2D eigenvalue weighted by molar-refractivity contribution is 7.92. The summed E-state index contributed by atoms with van der Waals surface area (Å²) in [4.78, 5) is 38.8. The summed E-state index contributed by atoms with van der Waals surface area (Å²) in [7, 11) is -5.71. The van der Waals surface area contributed by atoms with Gasteiger partial charge in [-0.1, -0.05) is 36.4 Å². The number of sulfonamides is 2. The van der Waals surface area contributed by atoms with Crippen LogP contribution in [-0.4, -0.2) is 74.7 Å². The fraction of sp³-hybridized carbons (Fsp3) is 0.214. The third kappa shape index (κ3) is 9.62. The summed E-state index contributed by atoms with van der Waals surface area (Å²) in [6.07, 6.45) is 7.54. The number of benzene rings is 2. The SMILES string of the molecule is COC(=O)c1cnc(CN(c2ccccc2)S(C)(=O)=O)nc1.CS(=O)(=O)N(Cc1ncc(C(=O)CN)cn1)c1ccccc1. The lowest BCUT2D eigenvalue weighted by Crippen LogP contribution is -2.30. The fourth-order valence-corrected chi connectivity index (χ4v) is 5.31. The number of carbonyl (C=O) groups excluding carboxylic acids is 2. The minimum atomic E-state index is -3.49. The quantitative estimate of drug-likeness (QED) is 0.185. The number of esters is 1. The first-order valence-corrected chi connectivity index (χ1v) is 16.5. The van der Waals surface area contributed by atoms with Crippen molar-refractivity contribution < 1.29 is 31.2 Å². The molecule has 0 atom stereocenters. The topological polar surface area (TPSA) is 196 Å². The van der Waals surface area contributed by atoms with Gasteiger partial charge in [0.25, 0.3) is 0 Å². The summed E-state index contributed by atoms with van der Waals surface area (Å²) in [5.74, 6) is -0.242. The number of hydrogen-bond donors (Lipinski definition) is 1. The van der Waals surface area contributed by atoms with Gasteiger partial charge in [0.2, 0.25) is 20.0 Å². The molecule has 0 fully saturated rings. The highest BCUT2D eigenvalue weighted by Crippen LogP contribution is 2.20. The summed E-state index contributed by atoms with van der Waals surface area (Å²) < 4.78 is 54.8. The van der Waals surface area contributed by atoms with Crippen molar-refractivity contribution in [2.75, 3.05) is 34.8 Å². The third-order valence-electron chi connectivity index (χ3n) is 5.80. The van der Waals surface area contributed by atoms with Crippen molar-refractivity contribution in [2.24, 2.45) is 5.73 Å². The van der Waals surface area contributed by atoms with Crippen LogP contribution in [0.15, 0.2) is 85.5 Å². The number of Topliss-reactive ketones (excluding diaryl/α,β-unsaturated/α-hetero) is 1. The molecule has 2 heterocycles. The van der Waals surface area contributed by atoms with Crippen molar-refractivity contribution in [1.82, 2.24) is 19.9 Å². The zero-order valence-electron chi connectivity index (χ0n) is 24.1. The molecule has 0 unspecified atom stereocenters. The van der Waals surface area contributed by atoms with E-state index in [-0.39, 0.29) is 36.8 Å². The number of nitrogens with two attached hydrogens (primary N) is 1. The second kappa shape index (κ2) is 15.1. The molecule has 44 heavy (non-hydrogen) atoms. The fourth-order valence-electron chi connectivity index (χ4n) is 3.60. The molecule has 0 radical (unpaired) electrons. The highest BCUT2D eigenvalue weighted by atomic mass is 32.2. The van der Waals surface area contributed by atoms with E-state index in [4.69, 9.17) is 5.73 Å². The molecule has 0 aliphatic carbocycles. The summed E-state index contributed by atoms with van der Waals surface area (Å²) in [6.45, 7) is -0.160. The average molecular weight is 642 g/mol. The Kier molecular flexibility index (Phi) is 11.6. The maximum atomic E-state index is 12.0. The van der Waals surface area contributed by atoms with Crippen LogP contribution in [0, 0.1) is 0 Å². The Bertz CT molecular complexity index is 1620. The number of aromatic nitrogens is 4. The minimum absolute atomic E-state index is 0.0139. The standard InChI is InChI=1S/C14H16N4O3S.C14H15N3O4S/c1-22(20,21)18(12-5-3-2-4-6-12)10-14-16-8-11(9-17-14)13(19)7-15;1-21-14(18)11-8-15-13(16-9-11)10-17(22(2,19)20)12-6-4-3-5-7-12/h2-6,8-9H,7,10,15H2,1H3;3-9H,10H2,1-2H3. The lowest BCUT2D eigenvalue weighted by molar-refractivity contribution is 0.0599. The molecule has 4 rings (SSSR count). The third-order valence-corrected chi connectivity index (χ3v) is 8.08. The van der Waals surface area contributed by atoms with E-state index in [0.29, 0.717) is 22.8 Å². The minimum Gasteiger partial charge on any atom is -0.465 e. The maximum Gasteiger partial charge on any atom is 0.341 e. The number of hydrogen-bond acceptors (Lipinski definition) is 12. The van der Waals surface area contributed by atoms with Gasteiger partial charge in [0.05, 0.1) is 61.8 Å². The Morgan fingerprint density at radius 1 is 0.682 bits per heavy atom. The second-order valence-electron chi connectivity index (χ2n) is 9.11. The monoisotopic (exact) mass is 641 g/mol. The predicted molar refractivity (Wildman–Crippen MR) is 164 cm³/mol. The van der Waals surface area contributed by atoms with E-state index >= 15 is 0 Å². The molecule has 0 aliphatic rings. The molecular weight excluding hydrogens is 610 g/mol. The van der Waals surface area contributed by atoms with E-state index < -0.39 is 26.0 Å². The van der Waals surface area contributed by atoms with Crippen molar-refractivity contribution in [2.45, 2.75) is 13.1 Å². The smallest absolute Gasteiger partial charge is 0.341 e. The first kappa shape index (κ1) is 33.7. The number of nitrogens with zero attached hydrogens (tertiary/aromatic N) is 6. The lowest BCUT2D eigenvalue weighted by Gasteiger charge is -2.21. The maximum absolute atomic E-state index is 12.0. The number of ketones is 1. The summed E-state index contributed by atoms with van der Waals surface area (Å²) in [5, 5.41) is 0. The Hall–Kier alpha value is -4.80. The molecule has 232 valence electrons. The Morgan fingerprint density at radius 2 is 1.05 bits per heavy atom. The molecule has 0 bridgehead atoms. The van der Waals surface area contributed by atoms with Crippen molar-refractivity contribution in [1.29, 1.82) is 0 Å². The van der Waals surface area contributed by atoms with E-state index in [0.717, 1.165) is 12.5 Å². The van der Waals surface area contributed by atoms with Crippen LogP contribution in [0.25, 0.3) is 0 Å². The van der Waals surface area contributed by atoms with Crippen LogP contribution in [0.3, 0.4) is 0 Å². The Labute approximate surface area is 255 Å². The van der Waals surface area contributed by atoms with Gasteiger partial charge in [-0.05, 0) is 24.3 Å². The van der Waals surface area contributed by atoms with Gasteiger partial charge in [-0.2, -0.15) is 0 Å². The highest BCUT2D eigenvalue weighted by Gasteiger charge is 2.20. The molecule has 2 N–H and O–H groups in total. The van der Waals surface area contributed by atoms with Crippen LogP contribution >= 0.6 is 0 Å². The van der Waals surface area contributed by atoms with Crippen molar-refractivity contribution in [3.05, 3.63) is 108 Å². The van der Waals surface area contributed by atoms with Gasteiger partial charge >= 0.3 is 5.97 Å². The molecule has 0 amide bonds. The van der Waals surface area contributed by atoms with Crippen molar-refractivity contribution >= 4 is 43.2 Å². The molecule has 2 aromatic carbocycles. The van der Waals surface area contributed by atoms with E-state index in [1.165, 1.54) is 40.5 Å². The summed E-state index contributed by atoms with van der Waals surface area (Å²) in [6, 6.07) is 17.3. The molecule has 0 spiro atoms. The van der Waals surface area contributed by atoms with Crippen molar-refractivity contribution in [3.63, 3.8) is 0 Å². The number of rotatable bonds is 11. The number of methoxy groups -OCH3 is 1. The lowest BCUT2D eigenvalue weighted by atomic mass is 10.2. The number of anilines is 2. The molecule has 0 saturated heterocycles. The van der Waals surface area contributed by atoms with Crippen LogP contribution < -0.4 is 14.3 Å². The van der Waals surface area contributed by atoms with E-state index in [1.54, 1.807) is 60.7 Å². The summed E-state index contributed by atoms with van der Waals surface area (Å²) in [5.41, 5.74) is 6.81. The Balaban J connectivity index is 0.000000240. The van der Waals surface area contributed by atoms with Crippen LogP contribution in [0.2, 0.25) is 0 Å². The van der Waals surface area contributed by atoms with Crippen LogP contribution in [-0.2, 0) is 37.9 Å². The average Bonchev–Trinajstić information content (AvgIpc) is 3.02. The largest absolute Gasteiger partial charge is 0.465 e. The van der Waals surface area contributed by atoms with Gasteiger partial charge in [-0.3, -0.25) is 13.4 Å². The molecule has 16 heteroatoms. The second-order valence-corrected chi connectivity index (χ2v) is 12.9. The molecular formula is C28H31N7O7S2. The van der Waals surface area contributed by atoms with Gasteiger partial charge in [-0.25, -0.2) is 41.6 Å². The van der Waals surface area contributed by atoms with Gasteiger partial charge in [0.1, 0.15) is 11.6 Å². The molecule has 14 nitrogen and oxygen atoms in total. The first-order valence-electron chi connectivity index (χ1n) is 12.8. The Morgan fingerprint density at radius 3 is 1.36 bits per heavy atom. The molecule has 4 aromatic rings. The van der Waals surface area contributed by atoms with Gasteiger partial charge < -0.3 is 10.5 Å². The zero-order valence-corrected chi connectivity index (χ0v) is 25.8. The van der Waals surface area contributed by atoms with E-state index in [2.05, 4.69) is 24.7 Å². The zero-order chi connectivity index (χ0) is 32.3. The number of carbonyl (C=O) groups is 2. The van der Waals surface area contributed by atoms with Gasteiger partial charge in [-0.15, -0.1) is 0 Å². The molecule has 0 saturated carbocycles. The van der Waals surface area contributed by atoms with Crippen molar-refractivity contribution in [3.8, 4) is 0 Å². The molecule has 0 aliphatic heterocycles. The van der Waals surface area contributed by atoms with E-state index in [9.17, 15) is 26.4 Å². The molecule has 2 aromatic heterocycles. The van der Waals surface area contributed by atoms with Gasteiger partial charge in [0.15, 0.2) is 5.78 Å². The van der Waals surface area contributed by atoms with Gasteiger partial charge in [0, 0.05) is 24.8 Å². The number of para-hydroxylation sites is 2. The normalized spacial score (nSPS) is 11.1. The van der Waals surface area contributed by atoms with E-state index in [1.807, 2.05) is 0 Å². The summed E-state index contributed by atoms with van der Waals surface area (Å²) >= 11 is 0. The predicted octanol–water partition coefficient (Wildman–Crippen LogP) is 1.81. The van der Waals surface area contributed by atoms with Crippen LogP contribution in [0.1, 0.15) is 32.4 Å². The van der Waals surface area contributed by atoms with Crippen LogP contribution in [0.4, 0.5) is 11.4 Å². The first-order chi connectivity index (χ1) is 20.8. The number of ether oxygens (including phenoxy) is 1.